The molecule has 0 radical (unpaired) electrons. The van der Waals surface area contributed by atoms with E-state index in [4.69, 9.17) is 9.47 Å². The van der Waals surface area contributed by atoms with Gasteiger partial charge < -0.3 is 19.3 Å². The van der Waals surface area contributed by atoms with Gasteiger partial charge in [-0.05, 0) is 99.7 Å². The molecule has 6 unspecified atom stereocenters. The summed E-state index contributed by atoms with van der Waals surface area (Å²) in [5.74, 6) is 1.30. The summed E-state index contributed by atoms with van der Waals surface area (Å²) in [7, 11) is 3.95. The van der Waals surface area contributed by atoms with Crippen molar-refractivity contribution in [1.29, 1.82) is 5.26 Å². The van der Waals surface area contributed by atoms with Crippen LogP contribution in [0.15, 0.2) is 30.9 Å². The highest BCUT2D eigenvalue weighted by Crippen LogP contribution is 2.50. The Morgan fingerprint density at radius 3 is 2.83 bits per heavy atom. The largest absolute Gasteiger partial charge is 0.497 e. The van der Waals surface area contributed by atoms with Crippen LogP contribution in [-0.4, -0.2) is 98.2 Å². The monoisotopic (exact) mass is 576 g/mol. The summed E-state index contributed by atoms with van der Waals surface area (Å²) in [6, 6.07) is 9.59. The molecule has 2 aliphatic carbocycles. The summed E-state index contributed by atoms with van der Waals surface area (Å²) in [6.07, 6.45) is 11.0. The number of aryl methyl sites for hydroxylation is 1. The summed E-state index contributed by atoms with van der Waals surface area (Å²) in [5, 5.41) is 17.3. The van der Waals surface area contributed by atoms with E-state index in [0.29, 0.717) is 44.1 Å². The van der Waals surface area contributed by atoms with Gasteiger partial charge in [-0.25, -0.2) is 0 Å². The Bertz CT molecular complexity index is 1190. The van der Waals surface area contributed by atoms with E-state index in [1.54, 1.807) is 7.11 Å². The van der Waals surface area contributed by atoms with Gasteiger partial charge in [0.25, 0.3) is 0 Å². The van der Waals surface area contributed by atoms with Crippen LogP contribution in [0, 0.1) is 22.7 Å². The molecule has 6 rings (SSSR count). The molecule has 0 aromatic heterocycles. The molecule has 4 fully saturated rings. The first-order valence-corrected chi connectivity index (χ1v) is 16.0. The molecule has 228 valence electrons. The second-order valence-electron chi connectivity index (χ2n) is 13.3. The van der Waals surface area contributed by atoms with E-state index in [0.717, 1.165) is 44.5 Å². The Morgan fingerprint density at radius 2 is 2.07 bits per heavy atom. The van der Waals surface area contributed by atoms with Crippen molar-refractivity contribution in [2.24, 2.45) is 11.3 Å². The second kappa shape index (κ2) is 12.6. The summed E-state index contributed by atoms with van der Waals surface area (Å²) < 4.78 is 12.2. The number of carbonyl (C=O) groups excluding carboxylic acids is 1. The van der Waals surface area contributed by atoms with Crippen molar-refractivity contribution in [3.63, 3.8) is 0 Å². The number of hydrogen-bond acceptors (Lipinski definition) is 8. The van der Waals surface area contributed by atoms with Crippen LogP contribution in [0.2, 0.25) is 0 Å². The number of nitriles is 1. The molecule has 9 nitrogen and oxygen atoms in total. The molecule has 5 aliphatic rings. The third-order valence-electron chi connectivity index (χ3n) is 11.0. The zero-order valence-corrected chi connectivity index (χ0v) is 25.4. The summed E-state index contributed by atoms with van der Waals surface area (Å²) in [5.41, 5.74) is 3.20. The minimum atomic E-state index is -0.223. The van der Waals surface area contributed by atoms with E-state index in [2.05, 4.69) is 58.3 Å². The normalized spacial score (nSPS) is 35.3. The van der Waals surface area contributed by atoms with Crippen LogP contribution >= 0.6 is 0 Å². The molecule has 1 spiro atoms. The van der Waals surface area contributed by atoms with E-state index >= 15 is 0 Å². The molecule has 3 saturated heterocycles. The smallest absolute Gasteiger partial charge is 0.246 e. The Kier molecular flexibility index (Phi) is 8.90. The maximum Gasteiger partial charge on any atom is 0.246 e. The minimum Gasteiger partial charge on any atom is -0.497 e. The fraction of sp³-hybridized carbons (Fsp3) is 0.697. The number of nitrogens with zero attached hydrogens (tertiary/aromatic N) is 4. The Labute approximate surface area is 251 Å². The van der Waals surface area contributed by atoms with Gasteiger partial charge in [0.1, 0.15) is 5.75 Å². The summed E-state index contributed by atoms with van der Waals surface area (Å²) in [4.78, 5) is 19.3. The maximum absolute atomic E-state index is 12.6. The number of nitrogens with one attached hydrogen (secondary N) is 2. The van der Waals surface area contributed by atoms with Gasteiger partial charge in [-0.2, -0.15) is 5.26 Å². The molecule has 1 aromatic rings. The molecular formula is C33H48N6O3. The number of likely N-dealkylation sites (tertiary alicyclic amines) is 1. The quantitative estimate of drug-likeness (QED) is 0.479. The van der Waals surface area contributed by atoms with Crippen LogP contribution in [0.4, 0.5) is 0 Å². The van der Waals surface area contributed by atoms with Crippen LogP contribution in [0.25, 0.3) is 0 Å². The average Bonchev–Trinajstić information content (AvgIpc) is 3.43. The van der Waals surface area contributed by atoms with Crippen molar-refractivity contribution in [2.75, 3.05) is 46.9 Å². The standard InChI is InChI=1S/C33H48N6O3/c1-4-30(40)39-17-16-38(21-25(39)11-14-34)31-28-10-13-33(12-9-23-7-8-27(41-3)18-24(23)19-33)20-29(28)35-32(36-31)42-22-26-6-5-15-37(26)2/h4,7-8,18,25-26,28-29,31-32,35-36H,1,5-6,9-13,15-17,19-22H2,2-3H3/t25?,26?,28?,29?,31?,32?,33-/m0/s1. The molecule has 42 heavy (non-hydrogen) atoms. The zero-order valence-electron chi connectivity index (χ0n) is 25.4. The van der Waals surface area contributed by atoms with Crippen molar-refractivity contribution < 1.29 is 14.3 Å². The number of ether oxygens (including phenoxy) is 2. The lowest BCUT2D eigenvalue weighted by Gasteiger charge is -2.56. The van der Waals surface area contributed by atoms with Crippen LogP contribution in [0.3, 0.4) is 0 Å². The molecule has 3 heterocycles. The molecule has 9 heteroatoms. The predicted molar refractivity (Wildman–Crippen MR) is 162 cm³/mol. The topological polar surface area (TPSA) is 93.1 Å². The van der Waals surface area contributed by atoms with Gasteiger partial charge in [-0.1, -0.05) is 12.6 Å². The number of piperazine rings is 1. The van der Waals surface area contributed by atoms with Gasteiger partial charge in [-0.15, -0.1) is 0 Å². The highest BCUT2D eigenvalue weighted by molar-refractivity contribution is 5.87. The fourth-order valence-electron chi connectivity index (χ4n) is 8.58. The predicted octanol–water partition coefficient (Wildman–Crippen LogP) is 2.86. The zero-order chi connectivity index (χ0) is 29.3. The second-order valence-corrected chi connectivity index (χ2v) is 13.3. The fourth-order valence-corrected chi connectivity index (χ4v) is 8.58. The maximum atomic E-state index is 12.6. The number of methoxy groups -OCH3 is 1. The summed E-state index contributed by atoms with van der Waals surface area (Å²) >= 11 is 0. The Balaban J connectivity index is 1.21. The molecular weight excluding hydrogens is 528 g/mol. The van der Waals surface area contributed by atoms with Gasteiger partial charge in [0.05, 0.1) is 38.4 Å². The van der Waals surface area contributed by atoms with E-state index in [1.807, 2.05) is 4.90 Å². The van der Waals surface area contributed by atoms with Gasteiger partial charge in [0, 0.05) is 37.6 Å². The van der Waals surface area contributed by atoms with Gasteiger partial charge >= 0.3 is 0 Å². The highest BCUT2D eigenvalue weighted by atomic mass is 16.5. The molecule has 7 atom stereocenters. The lowest BCUT2D eigenvalue weighted by Crippen LogP contribution is -2.72. The SMILES string of the molecule is C=CC(=O)N1CCN(C2NC(OCC3CCCN3C)NC3C[C@@]4(CCc5ccc(OC)cc5C4)CCC32)CC1CC#N. The van der Waals surface area contributed by atoms with Crippen LogP contribution in [0.1, 0.15) is 56.1 Å². The Morgan fingerprint density at radius 1 is 1.19 bits per heavy atom. The molecule has 0 bridgehead atoms. The minimum absolute atomic E-state index is 0.0817. The Hall–Kier alpha value is -2.48. The van der Waals surface area contributed by atoms with Gasteiger partial charge in [0.15, 0.2) is 6.35 Å². The van der Waals surface area contributed by atoms with Crippen molar-refractivity contribution in [2.45, 2.75) is 88.4 Å². The van der Waals surface area contributed by atoms with Crippen molar-refractivity contribution in [3.8, 4) is 11.8 Å². The first-order valence-electron chi connectivity index (χ1n) is 16.0. The molecule has 1 aromatic carbocycles. The van der Waals surface area contributed by atoms with Crippen LogP contribution in [0.5, 0.6) is 5.75 Å². The number of hydrogen-bond donors (Lipinski definition) is 2. The lowest BCUT2D eigenvalue weighted by molar-refractivity contribution is -0.137. The van der Waals surface area contributed by atoms with Crippen LogP contribution < -0.4 is 15.4 Å². The number of fused-ring (bicyclic) bond motifs is 2. The number of carbonyl (C=O) groups is 1. The van der Waals surface area contributed by atoms with E-state index < -0.39 is 0 Å². The van der Waals surface area contributed by atoms with E-state index in [-0.39, 0.29) is 29.9 Å². The molecule has 3 aliphatic heterocycles. The van der Waals surface area contributed by atoms with Gasteiger partial charge in [0.2, 0.25) is 5.91 Å². The number of benzene rings is 1. The van der Waals surface area contributed by atoms with Crippen LogP contribution in [-0.2, 0) is 22.4 Å². The third-order valence-corrected chi connectivity index (χ3v) is 11.0. The van der Waals surface area contributed by atoms with E-state index in [9.17, 15) is 10.1 Å². The first kappa shape index (κ1) is 29.6. The van der Waals surface area contributed by atoms with Crippen molar-refractivity contribution in [3.05, 3.63) is 42.0 Å². The molecule has 1 amide bonds. The highest BCUT2D eigenvalue weighted by Gasteiger charge is 2.50. The molecule has 1 saturated carbocycles. The lowest BCUT2D eigenvalue weighted by atomic mass is 9.59. The van der Waals surface area contributed by atoms with Crippen molar-refractivity contribution >= 4 is 5.91 Å². The number of amides is 1. The summed E-state index contributed by atoms with van der Waals surface area (Å²) in [6.45, 7) is 7.61. The van der Waals surface area contributed by atoms with Gasteiger partial charge in [-0.3, -0.25) is 20.3 Å². The molecule has 2 N–H and O–H groups in total. The number of rotatable bonds is 7. The first-order chi connectivity index (χ1) is 20.4. The average molecular weight is 577 g/mol. The number of likely N-dealkylation sites (N-methyl/N-ethyl adjacent to an activating group) is 1. The third kappa shape index (κ3) is 5.97. The van der Waals surface area contributed by atoms with Crippen molar-refractivity contribution in [1.82, 2.24) is 25.3 Å². The van der Waals surface area contributed by atoms with E-state index in [1.165, 1.54) is 42.9 Å².